The molecule has 1 unspecified atom stereocenters. The molecule has 0 aromatic carbocycles. The van der Waals surface area contributed by atoms with E-state index in [0.29, 0.717) is 13.2 Å². The fraction of sp³-hybridized carbons (Fsp3) is 1.00. The summed E-state index contributed by atoms with van der Waals surface area (Å²) < 4.78 is 10.6. The molecule has 0 heterocycles. The van der Waals surface area contributed by atoms with Crippen LogP contribution in [0, 0.1) is 0 Å². The van der Waals surface area contributed by atoms with Crippen LogP contribution in [0.1, 0.15) is 40.0 Å². The van der Waals surface area contributed by atoms with Crippen molar-refractivity contribution in [3.63, 3.8) is 0 Å². The number of hydrogen-bond donors (Lipinski definition) is 2. The predicted octanol–water partition coefficient (Wildman–Crippen LogP) is 1.57. The summed E-state index contributed by atoms with van der Waals surface area (Å²) in [6, 6.07) is 0. The Hall–Kier alpha value is -0.160. The lowest BCUT2D eigenvalue weighted by Gasteiger charge is -2.31. The van der Waals surface area contributed by atoms with Crippen molar-refractivity contribution in [2.75, 3.05) is 39.6 Å². The van der Waals surface area contributed by atoms with Crippen molar-refractivity contribution in [3.05, 3.63) is 0 Å². The van der Waals surface area contributed by atoms with Crippen LogP contribution in [0.2, 0.25) is 0 Å². The van der Waals surface area contributed by atoms with Gasteiger partial charge in [0.1, 0.15) is 0 Å². The number of ether oxygens (including phenoxy) is 2. The molecule has 1 atom stereocenters. The molecule has 4 nitrogen and oxygen atoms in total. The molecule has 0 spiro atoms. The van der Waals surface area contributed by atoms with Gasteiger partial charge in [0.15, 0.2) is 0 Å². The van der Waals surface area contributed by atoms with Crippen LogP contribution in [0.3, 0.4) is 0 Å². The molecule has 0 amide bonds. The zero-order valence-corrected chi connectivity index (χ0v) is 11.6. The minimum absolute atomic E-state index is 0.127. The van der Waals surface area contributed by atoms with Crippen molar-refractivity contribution in [2.45, 2.75) is 45.6 Å². The van der Waals surface area contributed by atoms with Crippen LogP contribution in [-0.4, -0.2) is 50.2 Å². The van der Waals surface area contributed by atoms with E-state index in [-0.39, 0.29) is 12.1 Å². The molecule has 0 aromatic rings. The van der Waals surface area contributed by atoms with E-state index in [0.717, 1.165) is 39.0 Å². The topological polar surface area (TPSA) is 50.7 Å². The maximum atomic E-state index is 9.46. The first kappa shape index (κ1) is 16.8. The van der Waals surface area contributed by atoms with Crippen molar-refractivity contribution in [1.29, 1.82) is 0 Å². The van der Waals surface area contributed by atoms with Crippen LogP contribution in [-0.2, 0) is 9.47 Å². The Morgan fingerprint density at radius 3 is 2.29 bits per heavy atom. The van der Waals surface area contributed by atoms with E-state index in [1.54, 1.807) is 0 Å². The molecule has 0 saturated heterocycles. The molecular formula is C13H29NO3. The summed E-state index contributed by atoms with van der Waals surface area (Å²) in [6.07, 6.45) is 2.85. The third-order valence-corrected chi connectivity index (χ3v) is 3.05. The zero-order chi connectivity index (χ0) is 13.0. The molecule has 4 heteroatoms. The second-order valence-corrected chi connectivity index (χ2v) is 4.24. The summed E-state index contributed by atoms with van der Waals surface area (Å²) in [5.74, 6) is 0. The Kier molecular flexibility index (Phi) is 10.9. The standard InChI is InChI=1S/C13H29NO3/c1-4-13(12-15,14-5-2)8-7-9-17-11-10-16-6-3/h14-15H,4-12H2,1-3H3. The number of aliphatic hydroxyl groups is 1. The number of likely N-dealkylation sites (N-methyl/N-ethyl adjacent to an activating group) is 1. The van der Waals surface area contributed by atoms with Crippen molar-refractivity contribution >= 4 is 0 Å². The van der Waals surface area contributed by atoms with Gasteiger partial charge in [-0.2, -0.15) is 0 Å². The maximum Gasteiger partial charge on any atom is 0.0700 e. The number of nitrogens with one attached hydrogen (secondary N) is 1. The van der Waals surface area contributed by atoms with E-state index in [1.165, 1.54) is 0 Å². The first-order valence-corrected chi connectivity index (χ1v) is 6.76. The molecule has 0 aliphatic rings. The van der Waals surface area contributed by atoms with Crippen molar-refractivity contribution < 1.29 is 14.6 Å². The quantitative estimate of drug-likeness (QED) is 0.514. The Morgan fingerprint density at radius 1 is 1.06 bits per heavy atom. The molecule has 0 aliphatic heterocycles. The van der Waals surface area contributed by atoms with Crippen LogP contribution >= 0.6 is 0 Å². The lowest BCUT2D eigenvalue weighted by molar-refractivity contribution is 0.0463. The Bertz CT molecular complexity index is 161. The highest BCUT2D eigenvalue weighted by Gasteiger charge is 2.25. The van der Waals surface area contributed by atoms with Gasteiger partial charge in [-0.3, -0.25) is 0 Å². The van der Waals surface area contributed by atoms with Gasteiger partial charge in [0.2, 0.25) is 0 Å². The monoisotopic (exact) mass is 247 g/mol. The van der Waals surface area contributed by atoms with Crippen LogP contribution in [0.5, 0.6) is 0 Å². The Labute approximate surface area is 106 Å². The first-order chi connectivity index (χ1) is 8.24. The van der Waals surface area contributed by atoms with Gasteiger partial charge in [-0.25, -0.2) is 0 Å². The second-order valence-electron chi connectivity index (χ2n) is 4.24. The fourth-order valence-electron chi connectivity index (χ4n) is 1.89. The van der Waals surface area contributed by atoms with Crippen LogP contribution in [0.15, 0.2) is 0 Å². The maximum absolute atomic E-state index is 9.46. The summed E-state index contributed by atoms with van der Waals surface area (Å²) in [7, 11) is 0. The summed E-state index contributed by atoms with van der Waals surface area (Å²) in [6.45, 7) is 10.0. The molecule has 0 aromatic heterocycles. The largest absolute Gasteiger partial charge is 0.394 e. The minimum atomic E-state index is -0.127. The Morgan fingerprint density at radius 2 is 1.76 bits per heavy atom. The SMILES string of the molecule is CCNC(CC)(CO)CCCOCCOCC. The van der Waals surface area contributed by atoms with E-state index < -0.39 is 0 Å². The normalized spacial score (nSPS) is 14.8. The van der Waals surface area contributed by atoms with Crippen LogP contribution in [0.4, 0.5) is 0 Å². The molecule has 0 bridgehead atoms. The molecule has 104 valence electrons. The van der Waals surface area contributed by atoms with Crippen molar-refractivity contribution in [2.24, 2.45) is 0 Å². The zero-order valence-electron chi connectivity index (χ0n) is 11.6. The van der Waals surface area contributed by atoms with Crippen molar-refractivity contribution in [1.82, 2.24) is 5.32 Å². The average Bonchev–Trinajstić information content (AvgIpc) is 2.36. The van der Waals surface area contributed by atoms with E-state index in [9.17, 15) is 5.11 Å². The Balaban J connectivity index is 3.61. The van der Waals surface area contributed by atoms with E-state index in [4.69, 9.17) is 9.47 Å². The predicted molar refractivity (Wildman–Crippen MR) is 70.3 cm³/mol. The van der Waals surface area contributed by atoms with E-state index >= 15 is 0 Å². The van der Waals surface area contributed by atoms with Gasteiger partial charge >= 0.3 is 0 Å². The lowest BCUT2D eigenvalue weighted by Crippen LogP contribution is -2.48. The molecule has 2 N–H and O–H groups in total. The van der Waals surface area contributed by atoms with Gasteiger partial charge in [-0.15, -0.1) is 0 Å². The highest BCUT2D eigenvalue weighted by Crippen LogP contribution is 2.16. The van der Waals surface area contributed by atoms with Crippen LogP contribution in [0.25, 0.3) is 0 Å². The average molecular weight is 247 g/mol. The van der Waals surface area contributed by atoms with Gasteiger partial charge < -0.3 is 19.9 Å². The second kappa shape index (κ2) is 11.0. The van der Waals surface area contributed by atoms with Gasteiger partial charge in [0, 0.05) is 18.8 Å². The summed E-state index contributed by atoms with van der Waals surface area (Å²) in [4.78, 5) is 0. The third-order valence-electron chi connectivity index (χ3n) is 3.05. The number of rotatable bonds is 12. The summed E-state index contributed by atoms with van der Waals surface area (Å²) in [5.41, 5.74) is -0.127. The first-order valence-electron chi connectivity index (χ1n) is 6.76. The third kappa shape index (κ3) is 7.71. The molecule has 17 heavy (non-hydrogen) atoms. The van der Waals surface area contributed by atoms with Gasteiger partial charge in [-0.1, -0.05) is 13.8 Å². The molecule has 0 fully saturated rings. The number of aliphatic hydroxyl groups excluding tert-OH is 1. The summed E-state index contributed by atoms with van der Waals surface area (Å²) >= 11 is 0. The van der Waals surface area contributed by atoms with E-state index in [2.05, 4.69) is 19.2 Å². The molecule has 0 aliphatic carbocycles. The van der Waals surface area contributed by atoms with Gasteiger partial charge in [0.05, 0.1) is 19.8 Å². The van der Waals surface area contributed by atoms with Gasteiger partial charge in [-0.05, 0) is 32.7 Å². The van der Waals surface area contributed by atoms with E-state index in [1.807, 2.05) is 6.92 Å². The smallest absolute Gasteiger partial charge is 0.0700 e. The van der Waals surface area contributed by atoms with Crippen molar-refractivity contribution in [3.8, 4) is 0 Å². The molecule has 0 radical (unpaired) electrons. The van der Waals surface area contributed by atoms with Gasteiger partial charge in [0.25, 0.3) is 0 Å². The highest BCUT2D eigenvalue weighted by molar-refractivity contribution is 4.85. The molecule has 0 saturated carbocycles. The number of hydrogen-bond acceptors (Lipinski definition) is 4. The molecule has 0 rings (SSSR count). The minimum Gasteiger partial charge on any atom is -0.394 e. The lowest BCUT2D eigenvalue weighted by atomic mass is 9.91. The highest BCUT2D eigenvalue weighted by atomic mass is 16.5. The molecular weight excluding hydrogens is 218 g/mol. The summed E-state index contributed by atoms with van der Waals surface area (Å²) in [5, 5.41) is 12.8. The fourth-order valence-corrected chi connectivity index (χ4v) is 1.89. The van der Waals surface area contributed by atoms with Crippen LogP contribution < -0.4 is 5.32 Å².